The summed E-state index contributed by atoms with van der Waals surface area (Å²) in [5.41, 5.74) is 0. The lowest BCUT2D eigenvalue weighted by Gasteiger charge is -2.23. The fraction of sp³-hybridized carbons (Fsp3) is 0.889. The summed E-state index contributed by atoms with van der Waals surface area (Å²) in [5, 5.41) is 17.4. The molecular formula is C9H20N2O5S. The molecule has 0 radical (unpaired) electrons. The molecule has 0 aliphatic heterocycles. The second kappa shape index (κ2) is 7.59. The number of aliphatic hydroxyl groups is 1. The van der Waals surface area contributed by atoms with Crippen molar-refractivity contribution in [1.82, 2.24) is 9.03 Å². The predicted octanol–water partition coefficient (Wildman–Crippen LogP) is -0.612. The topological polar surface area (TPSA) is 107 Å². The van der Waals surface area contributed by atoms with E-state index >= 15 is 0 Å². The minimum absolute atomic E-state index is 0.320. The highest BCUT2D eigenvalue weighted by molar-refractivity contribution is 7.87. The number of hydrogen-bond donors (Lipinski definition) is 3. The largest absolute Gasteiger partial charge is 0.480 e. The third kappa shape index (κ3) is 5.44. The van der Waals surface area contributed by atoms with Gasteiger partial charge in [0.05, 0.1) is 6.61 Å². The maximum Gasteiger partial charge on any atom is 0.324 e. The van der Waals surface area contributed by atoms with Crippen molar-refractivity contribution in [3.05, 3.63) is 0 Å². The molecule has 0 saturated heterocycles. The number of rotatable bonds is 9. The molecule has 0 bridgehead atoms. The average molecular weight is 268 g/mol. The fourth-order valence-corrected chi connectivity index (χ4v) is 2.80. The van der Waals surface area contributed by atoms with Gasteiger partial charge in [-0.2, -0.15) is 17.4 Å². The molecule has 0 heterocycles. The molecule has 0 fully saturated rings. The van der Waals surface area contributed by atoms with Crippen molar-refractivity contribution < 1.29 is 23.4 Å². The van der Waals surface area contributed by atoms with E-state index < -0.39 is 28.8 Å². The van der Waals surface area contributed by atoms with E-state index in [4.69, 9.17) is 10.2 Å². The lowest BCUT2D eigenvalue weighted by Crippen LogP contribution is -2.50. The summed E-state index contributed by atoms with van der Waals surface area (Å²) in [6.45, 7) is 3.53. The molecule has 8 heteroatoms. The predicted molar refractivity (Wildman–Crippen MR) is 62.7 cm³/mol. The highest BCUT2D eigenvalue weighted by Crippen LogP contribution is 2.02. The van der Waals surface area contributed by atoms with Crippen molar-refractivity contribution in [1.29, 1.82) is 0 Å². The summed E-state index contributed by atoms with van der Waals surface area (Å²) in [6.07, 6.45) is 1.27. The van der Waals surface area contributed by atoms with Crippen LogP contribution >= 0.6 is 0 Å². The third-order valence-electron chi connectivity index (χ3n) is 2.06. The molecule has 0 unspecified atom stereocenters. The number of nitrogens with zero attached hydrogens (tertiary/aromatic N) is 1. The highest BCUT2D eigenvalue weighted by Gasteiger charge is 2.27. The normalized spacial score (nSPS) is 13.9. The van der Waals surface area contributed by atoms with Gasteiger partial charge in [0, 0.05) is 13.1 Å². The molecule has 0 amide bonds. The Balaban J connectivity index is 4.77. The van der Waals surface area contributed by atoms with Crippen LogP contribution in [0.4, 0.5) is 0 Å². The van der Waals surface area contributed by atoms with Gasteiger partial charge in [-0.1, -0.05) is 13.8 Å². The molecule has 3 N–H and O–H groups in total. The third-order valence-corrected chi connectivity index (χ3v) is 3.69. The SMILES string of the molecule is CCCN(CCC)S(=O)(=O)N[C@@H](CO)C(=O)O. The lowest BCUT2D eigenvalue weighted by molar-refractivity contribution is -0.139. The molecule has 1 atom stereocenters. The molecule has 102 valence electrons. The van der Waals surface area contributed by atoms with Gasteiger partial charge in [0.1, 0.15) is 6.04 Å². The van der Waals surface area contributed by atoms with Gasteiger partial charge >= 0.3 is 5.97 Å². The zero-order valence-corrected chi connectivity index (χ0v) is 10.9. The van der Waals surface area contributed by atoms with Crippen molar-refractivity contribution in [2.24, 2.45) is 0 Å². The molecule has 0 aliphatic carbocycles. The quantitative estimate of drug-likeness (QED) is 0.517. The van der Waals surface area contributed by atoms with E-state index in [2.05, 4.69) is 0 Å². The standard InChI is InChI=1S/C9H20N2O5S/c1-3-5-11(6-4-2)17(15,16)10-8(7-12)9(13)14/h8,10,12H,3-7H2,1-2H3,(H,13,14)/t8-/m0/s1. The molecule has 0 aromatic heterocycles. The number of aliphatic hydroxyl groups excluding tert-OH is 1. The van der Waals surface area contributed by atoms with Gasteiger partial charge in [0.25, 0.3) is 10.2 Å². The number of nitrogens with one attached hydrogen (secondary N) is 1. The van der Waals surface area contributed by atoms with Gasteiger partial charge in [0.2, 0.25) is 0 Å². The first-order chi connectivity index (χ1) is 7.88. The van der Waals surface area contributed by atoms with Crippen LogP contribution in [0.2, 0.25) is 0 Å². The van der Waals surface area contributed by atoms with Gasteiger partial charge in [-0.25, -0.2) is 0 Å². The van der Waals surface area contributed by atoms with Gasteiger partial charge in [-0.05, 0) is 12.8 Å². The Kier molecular flexibility index (Phi) is 7.28. The van der Waals surface area contributed by atoms with Gasteiger partial charge < -0.3 is 10.2 Å². The van der Waals surface area contributed by atoms with Crippen molar-refractivity contribution in [3.63, 3.8) is 0 Å². The molecule has 17 heavy (non-hydrogen) atoms. The van der Waals surface area contributed by atoms with E-state index in [1.807, 2.05) is 18.6 Å². The van der Waals surface area contributed by atoms with E-state index in [1.165, 1.54) is 4.31 Å². The van der Waals surface area contributed by atoms with Gasteiger partial charge in [-0.3, -0.25) is 4.79 Å². The minimum atomic E-state index is -3.86. The Hall–Kier alpha value is -0.700. The van der Waals surface area contributed by atoms with Crippen LogP contribution in [0, 0.1) is 0 Å². The summed E-state index contributed by atoms with van der Waals surface area (Å²) < 4.78 is 26.8. The summed E-state index contributed by atoms with van der Waals surface area (Å²) in [5.74, 6) is -1.40. The summed E-state index contributed by atoms with van der Waals surface area (Å²) in [4.78, 5) is 10.6. The molecule has 0 aliphatic rings. The molecule has 0 spiro atoms. The van der Waals surface area contributed by atoms with Crippen LogP contribution in [0.1, 0.15) is 26.7 Å². The van der Waals surface area contributed by atoms with E-state index in [1.54, 1.807) is 0 Å². The Labute approximate surface area is 102 Å². The first-order valence-electron chi connectivity index (χ1n) is 5.50. The Bertz CT molecular complexity index is 324. The maximum atomic E-state index is 11.8. The Morgan fingerprint density at radius 2 is 1.76 bits per heavy atom. The van der Waals surface area contributed by atoms with Crippen LogP contribution in [0.15, 0.2) is 0 Å². The maximum absolute atomic E-state index is 11.8. The van der Waals surface area contributed by atoms with Gasteiger partial charge in [0.15, 0.2) is 0 Å². The van der Waals surface area contributed by atoms with Crippen molar-refractivity contribution >= 4 is 16.2 Å². The lowest BCUT2D eigenvalue weighted by atomic mass is 10.3. The Morgan fingerprint density at radius 3 is 2.06 bits per heavy atom. The summed E-state index contributed by atoms with van der Waals surface area (Å²) in [7, 11) is -3.86. The number of hydrogen-bond acceptors (Lipinski definition) is 4. The smallest absolute Gasteiger partial charge is 0.324 e. The average Bonchev–Trinajstić information content (AvgIpc) is 2.25. The van der Waals surface area contributed by atoms with Crippen molar-refractivity contribution in [3.8, 4) is 0 Å². The zero-order chi connectivity index (χ0) is 13.5. The number of carbonyl (C=O) groups is 1. The van der Waals surface area contributed by atoms with Crippen LogP contribution in [0.3, 0.4) is 0 Å². The summed E-state index contributed by atoms with van der Waals surface area (Å²) in [6, 6.07) is -1.50. The zero-order valence-electron chi connectivity index (χ0n) is 10.1. The first-order valence-corrected chi connectivity index (χ1v) is 6.94. The minimum Gasteiger partial charge on any atom is -0.480 e. The Morgan fingerprint density at radius 1 is 1.29 bits per heavy atom. The molecule has 7 nitrogen and oxygen atoms in total. The van der Waals surface area contributed by atoms with Crippen molar-refractivity contribution in [2.75, 3.05) is 19.7 Å². The highest BCUT2D eigenvalue weighted by atomic mass is 32.2. The van der Waals surface area contributed by atoms with Crippen LogP contribution in [0.25, 0.3) is 0 Å². The van der Waals surface area contributed by atoms with E-state index in [-0.39, 0.29) is 0 Å². The number of carboxylic acids is 1. The van der Waals surface area contributed by atoms with Crippen LogP contribution < -0.4 is 4.72 Å². The van der Waals surface area contributed by atoms with Gasteiger partial charge in [-0.15, -0.1) is 0 Å². The van der Waals surface area contributed by atoms with Crippen LogP contribution in [-0.2, 0) is 15.0 Å². The van der Waals surface area contributed by atoms with E-state index in [9.17, 15) is 13.2 Å². The second-order valence-corrected chi connectivity index (χ2v) is 5.30. The van der Waals surface area contributed by atoms with E-state index in [0.717, 1.165) is 0 Å². The fourth-order valence-electron chi connectivity index (χ4n) is 1.27. The molecule has 0 aromatic rings. The second-order valence-electron chi connectivity index (χ2n) is 3.60. The first kappa shape index (κ1) is 16.3. The summed E-state index contributed by atoms with van der Waals surface area (Å²) >= 11 is 0. The monoisotopic (exact) mass is 268 g/mol. The molecule has 0 saturated carbocycles. The van der Waals surface area contributed by atoms with Crippen molar-refractivity contribution in [2.45, 2.75) is 32.7 Å². The molecule has 0 rings (SSSR count). The van der Waals surface area contributed by atoms with E-state index in [0.29, 0.717) is 25.9 Å². The van der Waals surface area contributed by atoms with Crippen LogP contribution in [-0.4, -0.2) is 54.6 Å². The number of aliphatic carboxylic acids is 1. The number of carboxylic acid groups (broad SMARTS) is 1. The molecular weight excluding hydrogens is 248 g/mol. The molecule has 0 aromatic carbocycles. The van der Waals surface area contributed by atoms with Crippen LogP contribution in [0.5, 0.6) is 0 Å².